The smallest absolute Gasteiger partial charge is 0.0407 e. The molecule has 1 heteroatoms. The fourth-order valence-electron chi connectivity index (χ4n) is 1.63. The number of aryl methyl sites for hydroxylation is 2. The maximum Gasteiger partial charge on any atom is 0.0407 e. The Balaban J connectivity index is 3.05. The largest absolute Gasteiger partial charge is 0.258 e. The van der Waals surface area contributed by atoms with Gasteiger partial charge in [-0.1, -0.05) is 13.8 Å². The SMILES string of the molecule is Cc1cc(CC(C)C)c(C)c(C)n1. The molecule has 1 heterocycles. The van der Waals surface area contributed by atoms with Crippen molar-refractivity contribution in [2.75, 3.05) is 0 Å². The molecule has 0 N–H and O–H groups in total. The fraction of sp³-hybridized carbons (Fsp3) is 0.583. The molecule has 13 heavy (non-hydrogen) atoms. The van der Waals surface area contributed by atoms with Crippen LogP contribution in [0.25, 0.3) is 0 Å². The van der Waals surface area contributed by atoms with Crippen LogP contribution in [0.1, 0.15) is 36.4 Å². The Kier molecular flexibility index (Phi) is 3.07. The summed E-state index contributed by atoms with van der Waals surface area (Å²) in [5, 5.41) is 0. The van der Waals surface area contributed by atoms with Crippen molar-refractivity contribution in [3.05, 3.63) is 28.6 Å². The van der Waals surface area contributed by atoms with Crippen molar-refractivity contribution in [1.82, 2.24) is 4.98 Å². The van der Waals surface area contributed by atoms with Crippen LogP contribution in [-0.2, 0) is 6.42 Å². The van der Waals surface area contributed by atoms with Crippen molar-refractivity contribution in [2.45, 2.75) is 41.0 Å². The second kappa shape index (κ2) is 3.91. The maximum atomic E-state index is 4.44. The summed E-state index contributed by atoms with van der Waals surface area (Å²) in [7, 11) is 0. The molecule has 0 saturated heterocycles. The van der Waals surface area contributed by atoms with Crippen LogP contribution in [0.2, 0.25) is 0 Å². The second-order valence-electron chi connectivity index (χ2n) is 4.23. The second-order valence-corrected chi connectivity index (χ2v) is 4.23. The number of pyridine rings is 1. The van der Waals surface area contributed by atoms with Gasteiger partial charge in [0.25, 0.3) is 0 Å². The van der Waals surface area contributed by atoms with Gasteiger partial charge in [-0.25, -0.2) is 0 Å². The van der Waals surface area contributed by atoms with Gasteiger partial charge < -0.3 is 0 Å². The summed E-state index contributed by atoms with van der Waals surface area (Å²) in [6, 6.07) is 2.21. The molecule has 0 fully saturated rings. The summed E-state index contributed by atoms with van der Waals surface area (Å²) in [5.74, 6) is 0.722. The van der Waals surface area contributed by atoms with Crippen LogP contribution in [-0.4, -0.2) is 4.98 Å². The molecule has 0 aliphatic heterocycles. The van der Waals surface area contributed by atoms with Gasteiger partial charge in [0, 0.05) is 11.4 Å². The van der Waals surface area contributed by atoms with Gasteiger partial charge >= 0.3 is 0 Å². The fourth-order valence-corrected chi connectivity index (χ4v) is 1.63. The lowest BCUT2D eigenvalue weighted by atomic mass is 9.98. The van der Waals surface area contributed by atoms with Crippen molar-refractivity contribution in [1.29, 1.82) is 0 Å². The highest BCUT2D eigenvalue weighted by Crippen LogP contribution is 2.16. The van der Waals surface area contributed by atoms with Crippen LogP contribution < -0.4 is 0 Å². The third kappa shape index (κ3) is 2.55. The predicted octanol–water partition coefficient (Wildman–Crippen LogP) is 3.21. The zero-order valence-corrected chi connectivity index (χ0v) is 9.31. The van der Waals surface area contributed by atoms with Gasteiger partial charge in [-0.15, -0.1) is 0 Å². The number of rotatable bonds is 2. The Hall–Kier alpha value is -0.850. The molecule has 0 bridgehead atoms. The molecular formula is C12H19N. The Labute approximate surface area is 81.2 Å². The molecule has 0 radical (unpaired) electrons. The normalized spacial score (nSPS) is 10.9. The summed E-state index contributed by atoms with van der Waals surface area (Å²) in [4.78, 5) is 4.44. The van der Waals surface area contributed by atoms with Crippen LogP contribution in [0.4, 0.5) is 0 Å². The number of nitrogens with zero attached hydrogens (tertiary/aromatic N) is 1. The first-order valence-electron chi connectivity index (χ1n) is 4.94. The Morgan fingerprint density at radius 1 is 1.23 bits per heavy atom. The summed E-state index contributed by atoms with van der Waals surface area (Å²) in [5.41, 5.74) is 5.13. The molecule has 0 spiro atoms. The average molecular weight is 177 g/mol. The van der Waals surface area contributed by atoms with Crippen molar-refractivity contribution in [2.24, 2.45) is 5.92 Å². The maximum absolute atomic E-state index is 4.44. The lowest BCUT2D eigenvalue weighted by Crippen LogP contribution is -2.01. The van der Waals surface area contributed by atoms with Gasteiger partial charge in [0.15, 0.2) is 0 Å². The molecule has 0 aromatic carbocycles. The van der Waals surface area contributed by atoms with E-state index in [1.54, 1.807) is 0 Å². The lowest BCUT2D eigenvalue weighted by molar-refractivity contribution is 0.643. The van der Waals surface area contributed by atoms with Crippen LogP contribution >= 0.6 is 0 Å². The van der Waals surface area contributed by atoms with E-state index in [-0.39, 0.29) is 0 Å². The minimum absolute atomic E-state index is 0.722. The van der Waals surface area contributed by atoms with Crippen molar-refractivity contribution >= 4 is 0 Å². The molecule has 1 aromatic rings. The van der Waals surface area contributed by atoms with E-state index in [9.17, 15) is 0 Å². The molecule has 1 aromatic heterocycles. The minimum atomic E-state index is 0.722. The molecular weight excluding hydrogens is 158 g/mol. The summed E-state index contributed by atoms with van der Waals surface area (Å²) >= 11 is 0. The van der Waals surface area contributed by atoms with Crippen LogP contribution in [0, 0.1) is 26.7 Å². The lowest BCUT2D eigenvalue weighted by Gasteiger charge is -2.11. The van der Waals surface area contributed by atoms with E-state index in [1.165, 1.54) is 16.8 Å². The number of hydrogen-bond acceptors (Lipinski definition) is 1. The molecule has 72 valence electrons. The van der Waals surface area contributed by atoms with E-state index in [0.717, 1.165) is 18.0 Å². The molecule has 0 aliphatic carbocycles. The summed E-state index contributed by atoms with van der Waals surface area (Å²) in [6.07, 6.45) is 1.16. The van der Waals surface area contributed by atoms with E-state index in [2.05, 4.69) is 45.7 Å². The highest BCUT2D eigenvalue weighted by atomic mass is 14.7. The Bertz CT molecular complexity index is 300. The Morgan fingerprint density at radius 3 is 2.38 bits per heavy atom. The van der Waals surface area contributed by atoms with Gasteiger partial charge in [0.2, 0.25) is 0 Å². The molecule has 0 saturated carbocycles. The van der Waals surface area contributed by atoms with Gasteiger partial charge in [0.1, 0.15) is 0 Å². The van der Waals surface area contributed by atoms with E-state index in [1.807, 2.05) is 0 Å². The molecule has 1 rings (SSSR count). The van der Waals surface area contributed by atoms with E-state index in [0.29, 0.717) is 0 Å². The van der Waals surface area contributed by atoms with Gasteiger partial charge in [-0.05, 0) is 50.3 Å². The van der Waals surface area contributed by atoms with E-state index >= 15 is 0 Å². The highest BCUT2D eigenvalue weighted by Gasteiger charge is 2.05. The zero-order chi connectivity index (χ0) is 10.0. The monoisotopic (exact) mass is 177 g/mol. The summed E-state index contributed by atoms with van der Waals surface area (Å²) in [6.45, 7) is 10.8. The highest BCUT2D eigenvalue weighted by molar-refractivity contribution is 5.30. The Morgan fingerprint density at radius 2 is 1.85 bits per heavy atom. The molecule has 0 atom stereocenters. The minimum Gasteiger partial charge on any atom is -0.258 e. The average Bonchev–Trinajstić information content (AvgIpc) is 1.98. The van der Waals surface area contributed by atoms with Crippen molar-refractivity contribution in [3.63, 3.8) is 0 Å². The first kappa shape index (κ1) is 10.2. The zero-order valence-electron chi connectivity index (χ0n) is 9.31. The quantitative estimate of drug-likeness (QED) is 0.676. The predicted molar refractivity (Wildman–Crippen MR) is 57.0 cm³/mol. The van der Waals surface area contributed by atoms with Gasteiger partial charge in [0.05, 0.1) is 0 Å². The first-order chi connectivity index (χ1) is 6.00. The molecule has 1 nitrogen and oxygen atoms in total. The topological polar surface area (TPSA) is 12.9 Å². The van der Waals surface area contributed by atoms with Crippen LogP contribution in [0.15, 0.2) is 6.07 Å². The third-order valence-corrected chi connectivity index (χ3v) is 2.38. The molecule has 0 aliphatic rings. The van der Waals surface area contributed by atoms with Gasteiger partial charge in [-0.3, -0.25) is 4.98 Å². The van der Waals surface area contributed by atoms with Crippen molar-refractivity contribution in [3.8, 4) is 0 Å². The molecule has 0 amide bonds. The van der Waals surface area contributed by atoms with E-state index < -0.39 is 0 Å². The number of aromatic nitrogens is 1. The van der Waals surface area contributed by atoms with Crippen molar-refractivity contribution < 1.29 is 0 Å². The van der Waals surface area contributed by atoms with Crippen LogP contribution in [0.3, 0.4) is 0 Å². The van der Waals surface area contributed by atoms with Gasteiger partial charge in [-0.2, -0.15) is 0 Å². The third-order valence-electron chi connectivity index (χ3n) is 2.38. The molecule has 0 unspecified atom stereocenters. The van der Waals surface area contributed by atoms with Crippen LogP contribution in [0.5, 0.6) is 0 Å². The van der Waals surface area contributed by atoms with E-state index in [4.69, 9.17) is 0 Å². The summed E-state index contributed by atoms with van der Waals surface area (Å²) < 4.78 is 0. The standard InChI is InChI=1S/C12H19N/c1-8(2)6-12-7-9(3)13-11(5)10(12)4/h7-8H,6H2,1-5H3. The first-order valence-corrected chi connectivity index (χ1v) is 4.94. The number of hydrogen-bond donors (Lipinski definition) is 0.